The van der Waals surface area contributed by atoms with Crippen LogP contribution in [0.15, 0.2) is 77.7 Å². The molecular weight excluding hydrogens is 344 g/mol. The fourth-order valence-electron chi connectivity index (χ4n) is 2.70. The molecule has 0 aliphatic heterocycles. The first-order valence-corrected chi connectivity index (χ1v) is 8.45. The highest BCUT2D eigenvalue weighted by Crippen LogP contribution is 2.25. The van der Waals surface area contributed by atoms with E-state index in [0.717, 1.165) is 5.39 Å². The zero-order valence-corrected chi connectivity index (χ0v) is 14.4. The Hall–Kier alpha value is -3.67. The Labute approximate surface area is 155 Å². The van der Waals surface area contributed by atoms with Crippen molar-refractivity contribution < 1.29 is 18.7 Å². The second-order valence-corrected chi connectivity index (χ2v) is 5.72. The molecule has 3 heterocycles. The Morgan fingerprint density at radius 2 is 1.96 bits per heavy atom. The van der Waals surface area contributed by atoms with Gasteiger partial charge in [0, 0.05) is 11.6 Å². The van der Waals surface area contributed by atoms with Crippen molar-refractivity contribution in [2.75, 3.05) is 13.2 Å². The van der Waals surface area contributed by atoms with Gasteiger partial charge in [-0.1, -0.05) is 18.2 Å². The standard InChI is InChI=1S/C21H16N2O4/c24-21(27-12-11-25-15-5-3-9-22-14-15)17-13-19(20-8-4-10-26-20)23-18-7-2-1-6-16(17)18/h1-10,13-14H,11-12H2. The Morgan fingerprint density at radius 1 is 1.04 bits per heavy atom. The molecule has 0 bridgehead atoms. The summed E-state index contributed by atoms with van der Waals surface area (Å²) >= 11 is 0. The number of para-hydroxylation sites is 1. The predicted molar refractivity (Wildman–Crippen MR) is 99.5 cm³/mol. The molecule has 4 aromatic rings. The van der Waals surface area contributed by atoms with E-state index in [0.29, 0.717) is 28.3 Å². The predicted octanol–water partition coefficient (Wildman–Crippen LogP) is 4.13. The van der Waals surface area contributed by atoms with Gasteiger partial charge in [-0.05, 0) is 36.4 Å². The molecule has 0 unspecified atom stereocenters. The molecule has 0 aliphatic rings. The molecule has 4 rings (SSSR count). The summed E-state index contributed by atoms with van der Waals surface area (Å²) < 4.78 is 16.3. The Bertz CT molecular complexity index is 1050. The van der Waals surface area contributed by atoms with E-state index in [1.807, 2.05) is 24.3 Å². The average molecular weight is 360 g/mol. The highest BCUT2D eigenvalue weighted by molar-refractivity contribution is 6.04. The molecule has 27 heavy (non-hydrogen) atoms. The van der Waals surface area contributed by atoms with Crippen LogP contribution < -0.4 is 4.74 Å². The van der Waals surface area contributed by atoms with Crippen LogP contribution in [0.5, 0.6) is 5.75 Å². The largest absolute Gasteiger partial charge is 0.488 e. The highest BCUT2D eigenvalue weighted by Gasteiger charge is 2.16. The minimum atomic E-state index is -0.434. The van der Waals surface area contributed by atoms with Crippen molar-refractivity contribution in [1.29, 1.82) is 0 Å². The molecule has 134 valence electrons. The molecule has 0 amide bonds. The molecule has 0 atom stereocenters. The summed E-state index contributed by atoms with van der Waals surface area (Å²) in [6.07, 6.45) is 4.84. The molecule has 0 radical (unpaired) electrons. The van der Waals surface area contributed by atoms with Crippen LogP contribution in [-0.2, 0) is 4.74 Å². The lowest BCUT2D eigenvalue weighted by Crippen LogP contribution is -2.13. The van der Waals surface area contributed by atoms with E-state index in [1.165, 1.54) is 0 Å². The van der Waals surface area contributed by atoms with E-state index in [9.17, 15) is 4.79 Å². The van der Waals surface area contributed by atoms with Crippen molar-refractivity contribution in [2.45, 2.75) is 0 Å². The molecular formula is C21H16N2O4. The van der Waals surface area contributed by atoms with Crippen LogP contribution in [-0.4, -0.2) is 29.2 Å². The fraction of sp³-hybridized carbons (Fsp3) is 0.0952. The molecule has 0 saturated heterocycles. The Kier molecular flexibility index (Phi) is 4.78. The van der Waals surface area contributed by atoms with Crippen molar-refractivity contribution in [3.63, 3.8) is 0 Å². The maximum Gasteiger partial charge on any atom is 0.339 e. The number of carbonyl (C=O) groups is 1. The fourth-order valence-corrected chi connectivity index (χ4v) is 2.70. The third kappa shape index (κ3) is 3.79. The zero-order valence-electron chi connectivity index (χ0n) is 14.4. The Morgan fingerprint density at radius 3 is 2.78 bits per heavy atom. The average Bonchev–Trinajstić information content (AvgIpc) is 3.26. The van der Waals surface area contributed by atoms with Gasteiger partial charge in [-0.3, -0.25) is 4.98 Å². The first-order valence-electron chi connectivity index (χ1n) is 8.45. The smallest absolute Gasteiger partial charge is 0.339 e. The normalized spacial score (nSPS) is 10.7. The number of nitrogens with zero attached hydrogens (tertiary/aromatic N) is 2. The first kappa shape index (κ1) is 16.8. The van der Waals surface area contributed by atoms with E-state index in [4.69, 9.17) is 13.9 Å². The summed E-state index contributed by atoms with van der Waals surface area (Å²) in [4.78, 5) is 21.2. The van der Waals surface area contributed by atoms with Gasteiger partial charge in [0.25, 0.3) is 0 Å². The number of esters is 1. The van der Waals surface area contributed by atoms with Gasteiger partial charge < -0.3 is 13.9 Å². The number of fused-ring (bicyclic) bond motifs is 1. The number of benzene rings is 1. The summed E-state index contributed by atoms with van der Waals surface area (Å²) in [5.41, 5.74) is 1.72. The van der Waals surface area contributed by atoms with Gasteiger partial charge in [-0.15, -0.1) is 0 Å². The zero-order chi connectivity index (χ0) is 18.5. The molecule has 0 fully saturated rings. The molecule has 3 aromatic heterocycles. The molecule has 0 saturated carbocycles. The van der Waals surface area contributed by atoms with Gasteiger partial charge in [-0.2, -0.15) is 0 Å². The second kappa shape index (κ2) is 7.70. The van der Waals surface area contributed by atoms with Crippen molar-refractivity contribution in [3.8, 4) is 17.2 Å². The number of hydrogen-bond acceptors (Lipinski definition) is 6. The lowest BCUT2D eigenvalue weighted by Gasteiger charge is -2.10. The van der Waals surface area contributed by atoms with Gasteiger partial charge in [-0.25, -0.2) is 9.78 Å². The summed E-state index contributed by atoms with van der Waals surface area (Å²) in [5.74, 6) is 0.786. The van der Waals surface area contributed by atoms with Crippen LogP contribution in [0.2, 0.25) is 0 Å². The lowest BCUT2D eigenvalue weighted by molar-refractivity contribution is 0.0452. The molecule has 0 spiro atoms. The molecule has 1 aromatic carbocycles. The summed E-state index contributed by atoms with van der Waals surface area (Å²) in [6, 6.07) is 16.3. The number of furan rings is 1. The molecule has 6 heteroatoms. The maximum atomic E-state index is 12.6. The van der Waals surface area contributed by atoms with E-state index in [2.05, 4.69) is 9.97 Å². The van der Waals surface area contributed by atoms with E-state index in [-0.39, 0.29) is 13.2 Å². The van der Waals surface area contributed by atoms with E-state index < -0.39 is 5.97 Å². The molecule has 6 nitrogen and oxygen atoms in total. The van der Waals surface area contributed by atoms with Crippen LogP contribution >= 0.6 is 0 Å². The molecule has 0 aliphatic carbocycles. The number of pyridine rings is 2. The summed E-state index contributed by atoms with van der Waals surface area (Å²) in [5, 5.41) is 0.728. The number of aromatic nitrogens is 2. The van der Waals surface area contributed by atoms with Crippen LogP contribution in [0.25, 0.3) is 22.4 Å². The molecule has 0 N–H and O–H groups in total. The minimum Gasteiger partial charge on any atom is -0.488 e. The van der Waals surface area contributed by atoms with Crippen molar-refractivity contribution >= 4 is 16.9 Å². The van der Waals surface area contributed by atoms with E-state index >= 15 is 0 Å². The van der Waals surface area contributed by atoms with Gasteiger partial charge in [0.15, 0.2) is 5.76 Å². The first-order chi connectivity index (χ1) is 13.3. The lowest BCUT2D eigenvalue weighted by atomic mass is 10.1. The quantitative estimate of drug-likeness (QED) is 0.380. The number of rotatable bonds is 6. The third-order valence-electron chi connectivity index (χ3n) is 3.93. The van der Waals surface area contributed by atoms with Gasteiger partial charge in [0.05, 0.1) is 23.5 Å². The van der Waals surface area contributed by atoms with E-state index in [1.54, 1.807) is 49.0 Å². The van der Waals surface area contributed by atoms with Gasteiger partial charge >= 0.3 is 5.97 Å². The van der Waals surface area contributed by atoms with Crippen LogP contribution in [0, 0.1) is 0 Å². The van der Waals surface area contributed by atoms with Gasteiger partial charge in [0.1, 0.15) is 24.7 Å². The van der Waals surface area contributed by atoms with Crippen molar-refractivity contribution in [3.05, 3.63) is 78.8 Å². The summed E-state index contributed by atoms with van der Waals surface area (Å²) in [6.45, 7) is 0.367. The second-order valence-electron chi connectivity index (χ2n) is 5.72. The maximum absolute atomic E-state index is 12.6. The van der Waals surface area contributed by atoms with Gasteiger partial charge in [0.2, 0.25) is 0 Å². The van der Waals surface area contributed by atoms with Crippen molar-refractivity contribution in [1.82, 2.24) is 9.97 Å². The highest BCUT2D eigenvalue weighted by atomic mass is 16.6. The summed E-state index contributed by atoms with van der Waals surface area (Å²) in [7, 11) is 0. The number of hydrogen-bond donors (Lipinski definition) is 0. The van der Waals surface area contributed by atoms with Crippen LogP contribution in [0.3, 0.4) is 0 Å². The Balaban J connectivity index is 1.52. The minimum absolute atomic E-state index is 0.125. The monoisotopic (exact) mass is 360 g/mol. The third-order valence-corrected chi connectivity index (χ3v) is 3.93. The van der Waals surface area contributed by atoms with Crippen molar-refractivity contribution in [2.24, 2.45) is 0 Å². The van der Waals surface area contributed by atoms with Crippen LogP contribution in [0.4, 0.5) is 0 Å². The number of carbonyl (C=O) groups excluding carboxylic acids is 1. The SMILES string of the molecule is O=C(OCCOc1cccnc1)c1cc(-c2ccco2)nc2ccccc12. The van der Waals surface area contributed by atoms with Crippen LogP contribution in [0.1, 0.15) is 10.4 Å². The number of ether oxygens (including phenoxy) is 2. The topological polar surface area (TPSA) is 74.5 Å².